The molecule has 0 aliphatic heterocycles. The first-order valence-corrected chi connectivity index (χ1v) is 7.44. The lowest BCUT2D eigenvalue weighted by atomic mass is 10.2. The zero-order valence-electron chi connectivity index (χ0n) is 11.0. The van der Waals surface area contributed by atoms with Gasteiger partial charge in [0, 0.05) is 5.56 Å². The number of hydrogen-bond donors (Lipinski definition) is 3. The number of anilines is 1. The molecule has 0 fully saturated rings. The van der Waals surface area contributed by atoms with Crippen LogP contribution in [0.5, 0.6) is 17.2 Å². The fourth-order valence-corrected chi connectivity index (χ4v) is 2.71. The van der Waals surface area contributed by atoms with Crippen molar-refractivity contribution in [1.82, 2.24) is 0 Å². The molecule has 5 nitrogen and oxygen atoms in total. The molecule has 0 amide bonds. The molecule has 2 rings (SSSR count). The van der Waals surface area contributed by atoms with Crippen molar-refractivity contribution in [3.63, 3.8) is 0 Å². The molecule has 0 saturated carbocycles. The number of aromatic hydroxyl groups is 2. The highest BCUT2D eigenvalue weighted by atomic mass is 79.9. The maximum absolute atomic E-state index is 9.91. The highest BCUT2D eigenvalue weighted by molar-refractivity contribution is 9.11. The molecular formula is C14H12Br2N2O3. The Balaban J connectivity index is 2.14. The highest BCUT2D eigenvalue weighted by Crippen LogP contribution is 2.40. The summed E-state index contributed by atoms with van der Waals surface area (Å²) in [5.74, 6) is 0.609. The molecular weight excluding hydrogens is 404 g/mol. The minimum Gasteiger partial charge on any atom is -0.506 e. The summed E-state index contributed by atoms with van der Waals surface area (Å²) in [6, 6.07) is 8.82. The Bertz CT molecular complexity index is 673. The lowest BCUT2D eigenvalue weighted by molar-refractivity contribution is 0.415. The van der Waals surface area contributed by atoms with Crippen LogP contribution in [-0.4, -0.2) is 23.5 Å². The average Bonchev–Trinajstić information content (AvgIpc) is 2.51. The minimum atomic E-state index is -0.0871. The quantitative estimate of drug-likeness (QED) is 0.519. The van der Waals surface area contributed by atoms with E-state index in [0.717, 1.165) is 11.4 Å². The number of methoxy groups -OCH3 is 1. The monoisotopic (exact) mass is 414 g/mol. The average molecular weight is 416 g/mol. The molecule has 0 radical (unpaired) electrons. The van der Waals surface area contributed by atoms with E-state index in [2.05, 4.69) is 42.4 Å². The molecule has 0 aromatic heterocycles. The van der Waals surface area contributed by atoms with Crippen LogP contribution in [0.15, 0.2) is 44.4 Å². The van der Waals surface area contributed by atoms with Gasteiger partial charge in [0.25, 0.3) is 0 Å². The third kappa shape index (κ3) is 3.68. The van der Waals surface area contributed by atoms with Gasteiger partial charge >= 0.3 is 0 Å². The second kappa shape index (κ2) is 6.82. The molecule has 0 spiro atoms. The minimum absolute atomic E-state index is 0.0623. The lowest BCUT2D eigenvalue weighted by Crippen LogP contribution is -1.92. The van der Waals surface area contributed by atoms with Crippen molar-refractivity contribution >= 4 is 43.8 Å². The fourth-order valence-electron chi connectivity index (χ4n) is 1.56. The van der Waals surface area contributed by atoms with Crippen molar-refractivity contribution < 1.29 is 14.9 Å². The number of hydrogen-bond acceptors (Lipinski definition) is 5. The summed E-state index contributed by atoms with van der Waals surface area (Å²) in [4.78, 5) is 0. The van der Waals surface area contributed by atoms with Crippen LogP contribution in [-0.2, 0) is 0 Å². The van der Waals surface area contributed by atoms with Crippen molar-refractivity contribution in [2.45, 2.75) is 0 Å². The Morgan fingerprint density at radius 3 is 2.43 bits per heavy atom. The summed E-state index contributed by atoms with van der Waals surface area (Å²) in [6.07, 6.45) is 1.45. The predicted molar refractivity (Wildman–Crippen MR) is 89.4 cm³/mol. The third-order valence-corrected chi connectivity index (χ3v) is 4.04. The molecule has 0 atom stereocenters. The molecule has 7 heteroatoms. The number of nitrogens with one attached hydrogen (secondary N) is 1. The van der Waals surface area contributed by atoms with Crippen LogP contribution in [0.25, 0.3) is 0 Å². The number of rotatable bonds is 4. The second-order valence-electron chi connectivity index (χ2n) is 4.06. The van der Waals surface area contributed by atoms with E-state index in [0.29, 0.717) is 10.0 Å². The van der Waals surface area contributed by atoms with Crippen LogP contribution in [0.3, 0.4) is 0 Å². The van der Waals surface area contributed by atoms with Gasteiger partial charge in [-0.1, -0.05) is 0 Å². The first-order valence-electron chi connectivity index (χ1n) is 5.86. The normalized spacial score (nSPS) is 10.8. The molecule has 0 saturated heterocycles. The van der Waals surface area contributed by atoms with Gasteiger partial charge in [0.15, 0.2) is 0 Å². The summed E-state index contributed by atoms with van der Waals surface area (Å²) in [7, 11) is 1.60. The number of halogens is 2. The van der Waals surface area contributed by atoms with Crippen molar-refractivity contribution in [2.75, 3.05) is 12.5 Å². The van der Waals surface area contributed by atoms with E-state index in [1.165, 1.54) is 6.21 Å². The van der Waals surface area contributed by atoms with Crippen molar-refractivity contribution in [2.24, 2.45) is 5.10 Å². The van der Waals surface area contributed by atoms with Crippen molar-refractivity contribution in [1.29, 1.82) is 0 Å². The summed E-state index contributed by atoms with van der Waals surface area (Å²) in [5, 5.41) is 23.6. The molecule has 3 N–H and O–H groups in total. The molecule has 0 aliphatic rings. The molecule has 2 aromatic carbocycles. The van der Waals surface area contributed by atoms with E-state index < -0.39 is 0 Å². The smallest absolute Gasteiger partial charge is 0.147 e. The summed E-state index contributed by atoms with van der Waals surface area (Å²) < 4.78 is 5.73. The Labute approximate surface area is 138 Å². The number of ether oxygens (including phenoxy) is 1. The van der Waals surface area contributed by atoms with E-state index in [9.17, 15) is 10.2 Å². The van der Waals surface area contributed by atoms with Gasteiger partial charge in [0.2, 0.25) is 0 Å². The predicted octanol–water partition coefficient (Wildman–Crippen LogP) is 4.08. The Morgan fingerprint density at radius 2 is 1.81 bits per heavy atom. The molecule has 21 heavy (non-hydrogen) atoms. The van der Waals surface area contributed by atoms with Gasteiger partial charge < -0.3 is 14.9 Å². The summed E-state index contributed by atoms with van der Waals surface area (Å²) in [5.41, 5.74) is 4.07. The highest BCUT2D eigenvalue weighted by Gasteiger charge is 2.12. The number of benzene rings is 2. The van der Waals surface area contributed by atoms with E-state index in [1.807, 2.05) is 24.3 Å². The molecule has 0 unspecified atom stereocenters. The maximum atomic E-state index is 9.91. The van der Waals surface area contributed by atoms with Gasteiger partial charge in [-0.05, 0) is 62.2 Å². The van der Waals surface area contributed by atoms with Gasteiger partial charge in [0.1, 0.15) is 21.7 Å². The Morgan fingerprint density at radius 1 is 1.14 bits per heavy atom. The van der Waals surface area contributed by atoms with Crippen LogP contribution in [0, 0.1) is 0 Å². The Hall–Kier alpha value is -1.73. The topological polar surface area (TPSA) is 74.1 Å². The molecule has 0 bridgehead atoms. The molecule has 0 heterocycles. The van der Waals surface area contributed by atoms with Crippen LogP contribution < -0.4 is 10.2 Å². The summed E-state index contributed by atoms with van der Waals surface area (Å²) >= 11 is 6.30. The molecule has 0 aliphatic carbocycles. The van der Waals surface area contributed by atoms with Crippen LogP contribution >= 0.6 is 31.9 Å². The number of nitrogens with zero attached hydrogens (tertiary/aromatic N) is 1. The van der Waals surface area contributed by atoms with E-state index in [-0.39, 0.29) is 16.0 Å². The number of hydrazone groups is 1. The van der Waals surface area contributed by atoms with Gasteiger partial charge in [0.05, 0.1) is 23.5 Å². The number of phenolic OH excluding ortho intramolecular Hbond substituents is 2. The van der Waals surface area contributed by atoms with Gasteiger partial charge in [-0.2, -0.15) is 5.10 Å². The zero-order chi connectivity index (χ0) is 15.4. The van der Waals surface area contributed by atoms with Gasteiger partial charge in [-0.3, -0.25) is 5.43 Å². The zero-order valence-corrected chi connectivity index (χ0v) is 14.1. The van der Waals surface area contributed by atoms with E-state index >= 15 is 0 Å². The first kappa shape index (κ1) is 15.7. The van der Waals surface area contributed by atoms with E-state index in [1.54, 1.807) is 13.2 Å². The molecule has 110 valence electrons. The number of phenols is 2. The standard InChI is InChI=1S/C14H12Br2N2O3/c1-21-10-4-2-9(3-5-10)18-17-7-8-6-11(15)14(20)12(16)13(8)19/h2-7,18-20H,1H3/b17-7+. The van der Waals surface area contributed by atoms with Crippen LogP contribution in [0.2, 0.25) is 0 Å². The van der Waals surface area contributed by atoms with Crippen molar-refractivity contribution in [3.05, 3.63) is 44.8 Å². The fraction of sp³-hybridized carbons (Fsp3) is 0.0714. The third-order valence-electron chi connectivity index (χ3n) is 2.68. The SMILES string of the molecule is COc1ccc(N/N=C/c2cc(Br)c(O)c(Br)c2O)cc1. The largest absolute Gasteiger partial charge is 0.506 e. The summed E-state index contributed by atoms with van der Waals surface area (Å²) in [6.45, 7) is 0. The van der Waals surface area contributed by atoms with Gasteiger partial charge in [-0.15, -0.1) is 0 Å². The Kier molecular flexibility index (Phi) is 5.08. The maximum Gasteiger partial charge on any atom is 0.147 e. The van der Waals surface area contributed by atoms with Gasteiger partial charge in [-0.25, -0.2) is 0 Å². The van der Waals surface area contributed by atoms with Crippen molar-refractivity contribution in [3.8, 4) is 17.2 Å². The molecule has 2 aromatic rings. The first-order chi connectivity index (χ1) is 10.0. The van der Waals surface area contributed by atoms with Crippen LogP contribution in [0.1, 0.15) is 5.56 Å². The lowest BCUT2D eigenvalue weighted by Gasteiger charge is -2.06. The van der Waals surface area contributed by atoms with E-state index in [4.69, 9.17) is 4.74 Å². The van der Waals surface area contributed by atoms with Crippen LogP contribution in [0.4, 0.5) is 5.69 Å². The second-order valence-corrected chi connectivity index (χ2v) is 5.70.